The summed E-state index contributed by atoms with van der Waals surface area (Å²) in [4.78, 5) is 18.9. The minimum atomic E-state index is -0.121. The molecule has 3 rings (SSSR count). The second kappa shape index (κ2) is 11.0. The summed E-state index contributed by atoms with van der Waals surface area (Å²) in [6.07, 6.45) is 0. The van der Waals surface area contributed by atoms with Gasteiger partial charge >= 0.3 is 0 Å². The van der Waals surface area contributed by atoms with Gasteiger partial charge in [-0.3, -0.25) is 9.69 Å². The van der Waals surface area contributed by atoms with Gasteiger partial charge < -0.3 is 10.6 Å². The largest absolute Gasteiger partial charge is 0.349 e. The molecule has 9 heteroatoms. The number of thiazole rings is 1. The molecular formula is C16H21Cl3N4OS. The predicted molar refractivity (Wildman–Crippen MR) is 109 cm³/mol. The van der Waals surface area contributed by atoms with Gasteiger partial charge in [0.15, 0.2) is 0 Å². The van der Waals surface area contributed by atoms with Crippen molar-refractivity contribution in [2.45, 2.75) is 0 Å². The Kier molecular flexibility index (Phi) is 9.71. The van der Waals surface area contributed by atoms with Crippen LogP contribution in [0.1, 0.15) is 10.5 Å². The van der Waals surface area contributed by atoms with Gasteiger partial charge in [-0.1, -0.05) is 23.7 Å². The van der Waals surface area contributed by atoms with Crippen LogP contribution < -0.4 is 10.6 Å². The number of rotatable bonds is 5. The molecule has 0 atom stereocenters. The number of nitrogens with one attached hydrogen (secondary N) is 2. The summed E-state index contributed by atoms with van der Waals surface area (Å²) >= 11 is 7.45. The summed E-state index contributed by atoms with van der Waals surface area (Å²) in [6.45, 7) is 5.62. The normalized spacial score (nSPS) is 14.3. The molecule has 5 nitrogen and oxygen atoms in total. The number of benzene rings is 1. The van der Waals surface area contributed by atoms with Crippen molar-refractivity contribution in [3.05, 3.63) is 40.4 Å². The zero-order valence-electron chi connectivity index (χ0n) is 13.5. The van der Waals surface area contributed by atoms with Crippen molar-refractivity contribution in [3.63, 3.8) is 0 Å². The van der Waals surface area contributed by atoms with E-state index in [1.165, 1.54) is 11.3 Å². The molecule has 1 aromatic heterocycles. The minimum absolute atomic E-state index is 0. The Hall–Kier alpha value is -0.890. The Labute approximate surface area is 169 Å². The Morgan fingerprint density at radius 1 is 1.32 bits per heavy atom. The average Bonchev–Trinajstić information content (AvgIpc) is 3.06. The lowest BCUT2D eigenvalue weighted by atomic mass is 10.2. The number of hydrogen-bond acceptors (Lipinski definition) is 5. The SMILES string of the molecule is Cl.Cl.O=C(NCCN1CCNCC1)c1csc(-c2cccc(Cl)c2)n1. The van der Waals surface area contributed by atoms with E-state index in [-0.39, 0.29) is 30.7 Å². The van der Waals surface area contributed by atoms with Crippen molar-refractivity contribution in [3.8, 4) is 10.6 Å². The predicted octanol–water partition coefficient (Wildman–Crippen LogP) is 2.94. The van der Waals surface area contributed by atoms with Crippen molar-refractivity contribution in [2.24, 2.45) is 0 Å². The third-order valence-corrected chi connectivity index (χ3v) is 4.86. The van der Waals surface area contributed by atoms with E-state index in [9.17, 15) is 4.79 Å². The lowest BCUT2D eigenvalue weighted by Gasteiger charge is -2.26. The summed E-state index contributed by atoms with van der Waals surface area (Å²) in [6, 6.07) is 7.50. The molecule has 0 spiro atoms. The van der Waals surface area contributed by atoms with E-state index >= 15 is 0 Å². The summed E-state index contributed by atoms with van der Waals surface area (Å²) in [5, 5.41) is 9.51. The Balaban J connectivity index is 0.00000156. The maximum absolute atomic E-state index is 12.2. The maximum atomic E-state index is 12.2. The summed E-state index contributed by atoms with van der Waals surface area (Å²) in [5.74, 6) is -0.121. The Bertz CT molecular complexity index is 677. The lowest BCUT2D eigenvalue weighted by molar-refractivity contribution is 0.0943. The molecule has 0 saturated carbocycles. The molecule has 1 aliphatic rings. The average molecular weight is 424 g/mol. The van der Waals surface area contributed by atoms with Gasteiger partial charge in [0.2, 0.25) is 0 Å². The van der Waals surface area contributed by atoms with E-state index in [2.05, 4.69) is 20.5 Å². The van der Waals surface area contributed by atoms with Crippen molar-refractivity contribution < 1.29 is 4.79 Å². The summed E-state index contributed by atoms with van der Waals surface area (Å²) < 4.78 is 0. The fraction of sp³-hybridized carbons (Fsp3) is 0.375. The molecule has 0 unspecified atom stereocenters. The first kappa shape index (κ1) is 22.2. The van der Waals surface area contributed by atoms with Gasteiger partial charge in [0.1, 0.15) is 10.7 Å². The van der Waals surface area contributed by atoms with Crippen LogP contribution in [-0.2, 0) is 0 Å². The minimum Gasteiger partial charge on any atom is -0.349 e. The Morgan fingerprint density at radius 2 is 2.08 bits per heavy atom. The molecule has 25 heavy (non-hydrogen) atoms. The standard InChI is InChI=1S/C16H19ClN4OS.2ClH/c17-13-3-1-2-12(10-13)16-20-14(11-23-16)15(22)19-6-9-21-7-4-18-5-8-21;;/h1-3,10-11,18H,4-9H2,(H,19,22);2*1H. The third kappa shape index (κ3) is 6.40. The number of amides is 1. The first-order chi connectivity index (χ1) is 11.2. The highest BCUT2D eigenvalue weighted by Crippen LogP contribution is 2.25. The van der Waals surface area contributed by atoms with Gasteiger partial charge in [-0.2, -0.15) is 0 Å². The quantitative estimate of drug-likeness (QED) is 0.776. The van der Waals surface area contributed by atoms with Crippen LogP contribution in [0, 0.1) is 0 Å². The second-order valence-electron chi connectivity index (χ2n) is 5.40. The van der Waals surface area contributed by atoms with Crippen LogP contribution in [0.15, 0.2) is 29.6 Å². The van der Waals surface area contributed by atoms with Crippen LogP contribution in [0.25, 0.3) is 10.6 Å². The van der Waals surface area contributed by atoms with Gasteiger partial charge in [-0.25, -0.2) is 4.98 Å². The number of piperazine rings is 1. The molecule has 2 N–H and O–H groups in total. The van der Waals surface area contributed by atoms with Gasteiger partial charge in [0.25, 0.3) is 5.91 Å². The highest BCUT2D eigenvalue weighted by Gasteiger charge is 2.13. The molecule has 1 aromatic carbocycles. The first-order valence-corrected chi connectivity index (χ1v) is 8.91. The van der Waals surface area contributed by atoms with E-state index in [0.29, 0.717) is 17.3 Å². The molecule has 0 bridgehead atoms. The highest BCUT2D eigenvalue weighted by atomic mass is 35.5. The van der Waals surface area contributed by atoms with Crippen LogP contribution in [0.4, 0.5) is 0 Å². The van der Waals surface area contributed by atoms with Gasteiger partial charge in [0, 0.05) is 55.2 Å². The summed E-state index contributed by atoms with van der Waals surface area (Å²) in [5.41, 5.74) is 1.40. The number of hydrogen-bond donors (Lipinski definition) is 2. The maximum Gasteiger partial charge on any atom is 0.270 e. The van der Waals surface area contributed by atoms with Crippen LogP contribution >= 0.6 is 47.8 Å². The van der Waals surface area contributed by atoms with E-state index in [0.717, 1.165) is 43.3 Å². The van der Waals surface area contributed by atoms with Crippen molar-refractivity contribution in [2.75, 3.05) is 39.3 Å². The number of nitrogens with zero attached hydrogens (tertiary/aromatic N) is 2. The molecule has 1 saturated heterocycles. The number of halogens is 3. The Morgan fingerprint density at radius 3 is 2.80 bits per heavy atom. The molecule has 138 valence electrons. The van der Waals surface area contributed by atoms with Crippen molar-refractivity contribution in [1.29, 1.82) is 0 Å². The van der Waals surface area contributed by atoms with Crippen LogP contribution in [-0.4, -0.2) is 55.1 Å². The smallest absolute Gasteiger partial charge is 0.270 e. The molecule has 2 heterocycles. The monoisotopic (exact) mass is 422 g/mol. The van der Waals surface area contributed by atoms with E-state index in [1.807, 2.05) is 24.3 Å². The van der Waals surface area contributed by atoms with Crippen molar-refractivity contribution >= 4 is 53.7 Å². The van der Waals surface area contributed by atoms with E-state index < -0.39 is 0 Å². The number of aromatic nitrogens is 1. The lowest BCUT2D eigenvalue weighted by Crippen LogP contribution is -2.46. The first-order valence-electron chi connectivity index (χ1n) is 7.65. The van der Waals surface area contributed by atoms with Gasteiger partial charge in [0.05, 0.1) is 0 Å². The topological polar surface area (TPSA) is 57.3 Å². The molecular weight excluding hydrogens is 403 g/mol. The summed E-state index contributed by atoms with van der Waals surface area (Å²) in [7, 11) is 0. The third-order valence-electron chi connectivity index (χ3n) is 3.73. The zero-order valence-corrected chi connectivity index (χ0v) is 16.7. The van der Waals surface area contributed by atoms with E-state index in [1.54, 1.807) is 5.38 Å². The second-order valence-corrected chi connectivity index (χ2v) is 6.69. The van der Waals surface area contributed by atoms with Crippen LogP contribution in [0.3, 0.4) is 0 Å². The van der Waals surface area contributed by atoms with Gasteiger partial charge in [-0.05, 0) is 12.1 Å². The number of carbonyl (C=O) groups is 1. The van der Waals surface area contributed by atoms with Crippen molar-refractivity contribution in [1.82, 2.24) is 20.5 Å². The highest BCUT2D eigenvalue weighted by molar-refractivity contribution is 7.13. The number of carbonyl (C=O) groups excluding carboxylic acids is 1. The molecule has 1 aliphatic heterocycles. The van der Waals surface area contributed by atoms with Gasteiger partial charge in [-0.15, -0.1) is 36.2 Å². The van der Waals surface area contributed by atoms with Crippen LogP contribution in [0.5, 0.6) is 0 Å². The van der Waals surface area contributed by atoms with E-state index in [4.69, 9.17) is 11.6 Å². The zero-order chi connectivity index (χ0) is 16.1. The fourth-order valence-corrected chi connectivity index (χ4v) is 3.47. The molecule has 1 amide bonds. The molecule has 2 aromatic rings. The fourth-order valence-electron chi connectivity index (χ4n) is 2.48. The molecule has 1 fully saturated rings. The molecule has 0 radical (unpaired) electrons. The molecule has 0 aliphatic carbocycles. The van der Waals surface area contributed by atoms with Crippen LogP contribution in [0.2, 0.25) is 5.02 Å².